The number of rotatable bonds is 7. The van der Waals surface area contributed by atoms with Crippen LogP contribution in [0.3, 0.4) is 0 Å². The van der Waals surface area contributed by atoms with Gasteiger partial charge in [-0.1, -0.05) is 12.1 Å². The van der Waals surface area contributed by atoms with E-state index in [1.165, 1.54) is 12.1 Å². The maximum absolute atomic E-state index is 12.2. The summed E-state index contributed by atoms with van der Waals surface area (Å²) in [5, 5.41) is 6.29. The number of nitrogens with one attached hydrogen (secondary N) is 2. The van der Waals surface area contributed by atoms with Crippen molar-refractivity contribution >= 4 is 29.9 Å². The van der Waals surface area contributed by atoms with Crippen LogP contribution >= 0.6 is 24.0 Å². The van der Waals surface area contributed by atoms with Gasteiger partial charge in [-0.2, -0.15) is 0 Å². The van der Waals surface area contributed by atoms with Crippen molar-refractivity contribution in [3.05, 3.63) is 47.2 Å². The first-order chi connectivity index (χ1) is 12.8. The summed E-state index contributed by atoms with van der Waals surface area (Å²) in [7, 11) is 0. The van der Waals surface area contributed by atoms with Crippen molar-refractivity contribution < 1.29 is 22.3 Å². The number of nitrogens with zero attached hydrogens (tertiary/aromatic N) is 2. The third-order valence-electron chi connectivity index (χ3n) is 3.65. The molecule has 0 aliphatic carbocycles. The Hall–Kier alpha value is -1.98. The second-order valence-corrected chi connectivity index (χ2v) is 5.81. The molecule has 10 heteroatoms. The number of benzene rings is 1. The van der Waals surface area contributed by atoms with Crippen molar-refractivity contribution in [2.75, 3.05) is 13.1 Å². The number of ether oxygens (including phenoxy) is 1. The van der Waals surface area contributed by atoms with Gasteiger partial charge in [-0.15, -0.1) is 37.1 Å². The lowest BCUT2D eigenvalue weighted by molar-refractivity contribution is -0.274. The molecule has 2 N–H and O–H groups in total. The van der Waals surface area contributed by atoms with Gasteiger partial charge in [-0.3, -0.25) is 0 Å². The molecule has 2 rings (SSSR count). The lowest BCUT2D eigenvalue weighted by atomic mass is 10.1. The van der Waals surface area contributed by atoms with Crippen LogP contribution in [0.5, 0.6) is 5.75 Å². The normalized spacial score (nSPS) is 11.7. The Morgan fingerprint density at radius 2 is 1.86 bits per heavy atom. The summed E-state index contributed by atoms with van der Waals surface area (Å²) in [4.78, 5) is 8.70. The van der Waals surface area contributed by atoms with E-state index in [4.69, 9.17) is 4.42 Å². The Labute approximate surface area is 179 Å². The molecule has 0 aliphatic heterocycles. The van der Waals surface area contributed by atoms with Gasteiger partial charge in [-0.25, -0.2) is 9.98 Å². The van der Waals surface area contributed by atoms with Gasteiger partial charge < -0.3 is 19.8 Å². The molecule has 0 aliphatic rings. The lowest BCUT2D eigenvalue weighted by Crippen LogP contribution is -2.38. The number of aliphatic imine (C=N–C) groups is 1. The van der Waals surface area contributed by atoms with E-state index in [0.29, 0.717) is 37.9 Å². The van der Waals surface area contributed by atoms with Crippen molar-refractivity contribution in [1.29, 1.82) is 0 Å². The fourth-order valence-electron chi connectivity index (χ4n) is 2.28. The lowest BCUT2D eigenvalue weighted by Gasteiger charge is -2.12. The van der Waals surface area contributed by atoms with Crippen LogP contribution in [0, 0.1) is 13.8 Å². The van der Waals surface area contributed by atoms with E-state index in [0.717, 1.165) is 17.0 Å². The molecule has 0 atom stereocenters. The molecule has 1 heterocycles. The van der Waals surface area contributed by atoms with Gasteiger partial charge in [0.2, 0.25) is 5.89 Å². The minimum atomic E-state index is -4.68. The Morgan fingerprint density at radius 3 is 2.39 bits per heavy atom. The highest BCUT2D eigenvalue weighted by atomic mass is 127. The molecule has 0 saturated carbocycles. The van der Waals surface area contributed by atoms with Crippen molar-refractivity contribution in [2.24, 2.45) is 4.99 Å². The molecular formula is C18H24F3IN4O2. The highest BCUT2D eigenvalue weighted by Crippen LogP contribution is 2.22. The van der Waals surface area contributed by atoms with Crippen molar-refractivity contribution in [3.8, 4) is 5.75 Å². The zero-order valence-electron chi connectivity index (χ0n) is 15.9. The minimum Gasteiger partial charge on any atom is -0.444 e. The van der Waals surface area contributed by atoms with E-state index in [9.17, 15) is 13.2 Å². The molecule has 156 valence electrons. The molecule has 0 unspecified atom stereocenters. The number of aromatic nitrogens is 1. The largest absolute Gasteiger partial charge is 0.573 e. The highest BCUT2D eigenvalue weighted by molar-refractivity contribution is 14.0. The standard InChI is InChI=1S/C18H23F3N4O2.HI/c1-4-22-17(24-11-16-25-12(2)13(3)26-16)23-10-9-14-5-7-15(8-6-14)27-18(19,20)21;/h5-8H,4,9-11H2,1-3H3,(H2,22,23,24);1H. The summed E-state index contributed by atoms with van der Waals surface area (Å²) in [6, 6.07) is 5.81. The molecule has 0 spiro atoms. The third-order valence-corrected chi connectivity index (χ3v) is 3.65. The number of oxazole rings is 1. The molecule has 0 fully saturated rings. The topological polar surface area (TPSA) is 71.7 Å². The van der Waals surface area contributed by atoms with E-state index in [2.05, 4.69) is 25.3 Å². The molecule has 1 aromatic carbocycles. The SMILES string of the molecule is CCNC(=NCc1nc(C)c(C)o1)NCCc1ccc(OC(F)(F)F)cc1.I. The zero-order chi connectivity index (χ0) is 19.9. The molecule has 0 amide bonds. The van der Waals surface area contributed by atoms with Crippen LogP contribution in [0.15, 0.2) is 33.7 Å². The monoisotopic (exact) mass is 512 g/mol. The van der Waals surface area contributed by atoms with Crippen LogP contribution in [-0.2, 0) is 13.0 Å². The molecule has 28 heavy (non-hydrogen) atoms. The molecule has 0 radical (unpaired) electrons. The summed E-state index contributed by atoms with van der Waals surface area (Å²) >= 11 is 0. The Morgan fingerprint density at radius 1 is 1.18 bits per heavy atom. The van der Waals surface area contributed by atoms with Crippen molar-refractivity contribution in [3.63, 3.8) is 0 Å². The predicted octanol–water partition coefficient (Wildman–Crippen LogP) is 4.11. The number of hydrogen-bond acceptors (Lipinski definition) is 4. The number of hydrogen-bond donors (Lipinski definition) is 2. The van der Waals surface area contributed by atoms with E-state index in [1.54, 1.807) is 12.1 Å². The Bertz CT molecular complexity index is 742. The maximum atomic E-state index is 12.2. The van der Waals surface area contributed by atoms with Gasteiger partial charge >= 0.3 is 6.36 Å². The second-order valence-electron chi connectivity index (χ2n) is 5.81. The molecule has 2 aromatic rings. The molecular weight excluding hydrogens is 488 g/mol. The summed E-state index contributed by atoms with van der Waals surface area (Å²) in [6.45, 7) is 7.25. The van der Waals surface area contributed by atoms with Crippen LogP contribution in [-0.4, -0.2) is 30.4 Å². The highest BCUT2D eigenvalue weighted by Gasteiger charge is 2.30. The van der Waals surface area contributed by atoms with Gasteiger partial charge in [0.1, 0.15) is 18.1 Å². The van der Waals surface area contributed by atoms with Crippen molar-refractivity contribution in [1.82, 2.24) is 15.6 Å². The molecule has 1 aromatic heterocycles. The first kappa shape index (κ1) is 24.1. The number of alkyl halides is 3. The number of aryl methyl sites for hydroxylation is 2. The summed E-state index contributed by atoms with van der Waals surface area (Å²) in [5.41, 5.74) is 1.72. The van der Waals surface area contributed by atoms with Crippen LogP contribution in [0.4, 0.5) is 13.2 Å². The van der Waals surface area contributed by atoms with Crippen LogP contribution in [0.1, 0.15) is 29.8 Å². The van der Waals surface area contributed by atoms with E-state index in [1.807, 2.05) is 20.8 Å². The quantitative estimate of drug-likeness (QED) is 0.332. The Kier molecular flexibility index (Phi) is 9.56. The van der Waals surface area contributed by atoms with E-state index >= 15 is 0 Å². The number of guanidine groups is 1. The zero-order valence-corrected chi connectivity index (χ0v) is 18.2. The summed E-state index contributed by atoms with van der Waals surface area (Å²) < 4.78 is 45.8. The van der Waals surface area contributed by atoms with Gasteiger partial charge in [0, 0.05) is 13.1 Å². The van der Waals surface area contributed by atoms with Crippen LogP contribution in [0.25, 0.3) is 0 Å². The third kappa shape index (κ3) is 8.36. The maximum Gasteiger partial charge on any atom is 0.573 e. The van der Waals surface area contributed by atoms with Gasteiger partial charge in [0.25, 0.3) is 0 Å². The van der Waals surface area contributed by atoms with Crippen LogP contribution < -0.4 is 15.4 Å². The summed E-state index contributed by atoms with van der Waals surface area (Å²) in [5.74, 6) is 1.70. The predicted molar refractivity (Wildman–Crippen MR) is 111 cm³/mol. The molecule has 0 bridgehead atoms. The van der Waals surface area contributed by atoms with E-state index < -0.39 is 6.36 Å². The van der Waals surface area contributed by atoms with Gasteiger partial charge in [0.15, 0.2) is 5.96 Å². The molecule has 6 nitrogen and oxygen atoms in total. The average molecular weight is 512 g/mol. The van der Waals surface area contributed by atoms with Gasteiger partial charge in [0.05, 0.1) is 5.69 Å². The van der Waals surface area contributed by atoms with Crippen molar-refractivity contribution in [2.45, 2.75) is 40.1 Å². The average Bonchev–Trinajstić information content (AvgIpc) is 2.91. The van der Waals surface area contributed by atoms with Gasteiger partial charge in [-0.05, 0) is 44.9 Å². The van der Waals surface area contributed by atoms with Crippen LogP contribution in [0.2, 0.25) is 0 Å². The fraction of sp³-hybridized carbons (Fsp3) is 0.444. The van der Waals surface area contributed by atoms with E-state index in [-0.39, 0.29) is 29.7 Å². The minimum absolute atomic E-state index is 0. The molecule has 0 saturated heterocycles. The first-order valence-corrected chi connectivity index (χ1v) is 8.56. The smallest absolute Gasteiger partial charge is 0.444 e. The Balaban J connectivity index is 0.00000392. The number of halogens is 4. The fourth-order valence-corrected chi connectivity index (χ4v) is 2.28. The first-order valence-electron chi connectivity index (χ1n) is 8.56. The second kappa shape index (κ2) is 11.1. The summed E-state index contributed by atoms with van der Waals surface area (Å²) in [6.07, 6.45) is -4.06.